The van der Waals surface area contributed by atoms with Crippen LogP contribution >= 0.6 is 11.6 Å². The minimum atomic E-state index is 0.00682. The molecule has 2 aromatic carbocycles. The number of nitrogens with zero attached hydrogens (tertiary/aromatic N) is 1. The average Bonchev–Trinajstić information content (AvgIpc) is 2.53. The minimum absolute atomic E-state index is 0.00682. The number of hydrogen-bond donors (Lipinski definition) is 2. The van der Waals surface area contributed by atoms with Gasteiger partial charge in [0.05, 0.1) is 12.1 Å². The van der Waals surface area contributed by atoms with Crippen molar-refractivity contribution in [1.82, 2.24) is 4.98 Å². The third-order valence-corrected chi connectivity index (χ3v) is 3.73. The van der Waals surface area contributed by atoms with Gasteiger partial charge >= 0.3 is 0 Å². The lowest BCUT2D eigenvalue weighted by Crippen LogP contribution is -2.03. The number of fused-ring (bicyclic) bond motifs is 1. The Balaban J connectivity index is 1.86. The number of aliphatic hydroxyl groups excluding tert-OH is 1. The van der Waals surface area contributed by atoms with Gasteiger partial charge in [0.25, 0.3) is 0 Å². The summed E-state index contributed by atoms with van der Waals surface area (Å²) in [6.45, 7) is 0.570. The maximum absolute atomic E-state index is 9.33. The summed E-state index contributed by atoms with van der Waals surface area (Å²) in [4.78, 5) is 4.41. The zero-order chi connectivity index (χ0) is 14.7. The number of pyridine rings is 1. The lowest BCUT2D eigenvalue weighted by Gasteiger charge is -2.12. The van der Waals surface area contributed by atoms with Crippen molar-refractivity contribution >= 4 is 28.2 Å². The third-order valence-electron chi connectivity index (χ3n) is 3.41. The predicted octanol–water partition coefficient (Wildman–Crippen LogP) is 3.99. The van der Waals surface area contributed by atoms with Gasteiger partial charge in [-0.25, -0.2) is 4.98 Å². The minimum Gasteiger partial charge on any atom is -0.392 e. The zero-order valence-electron chi connectivity index (χ0n) is 11.4. The fourth-order valence-corrected chi connectivity index (χ4v) is 2.49. The highest BCUT2D eigenvalue weighted by molar-refractivity contribution is 6.30. The predicted molar refractivity (Wildman–Crippen MR) is 86.4 cm³/mol. The molecule has 0 fully saturated rings. The number of para-hydroxylation sites is 2. The Morgan fingerprint density at radius 1 is 1.00 bits per heavy atom. The molecule has 0 aliphatic carbocycles. The lowest BCUT2D eigenvalue weighted by molar-refractivity contribution is 0.282. The summed E-state index contributed by atoms with van der Waals surface area (Å²) >= 11 is 6.24. The number of rotatable bonds is 4. The van der Waals surface area contributed by atoms with Crippen molar-refractivity contribution in [2.45, 2.75) is 13.2 Å². The molecular weight excluding hydrogens is 284 g/mol. The molecule has 0 aliphatic heterocycles. The summed E-state index contributed by atoms with van der Waals surface area (Å²) in [5, 5.41) is 14.2. The third kappa shape index (κ3) is 2.99. The van der Waals surface area contributed by atoms with E-state index in [-0.39, 0.29) is 6.61 Å². The number of aliphatic hydroxyl groups is 1. The molecule has 3 nitrogen and oxygen atoms in total. The Kier molecular flexibility index (Phi) is 4.04. The van der Waals surface area contributed by atoms with E-state index in [0.29, 0.717) is 11.7 Å². The van der Waals surface area contributed by atoms with Crippen molar-refractivity contribution in [3.05, 3.63) is 70.9 Å². The molecule has 106 valence electrons. The summed E-state index contributed by atoms with van der Waals surface area (Å²) in [5.74, 6) is 0. The Hall–Kier alpha value is -2.10. The summed E-state index contributed by atoms with van der Waals surface area (Å²) in [6, 6.07) is 17.6. The van der Waals surface area contributed by atoms with Gasteiger partial charge in [-0.05, 0) is 18.2 Å². The highest BCUT2D eigenvalue weighted by atomic mass is 35.5. The molecule has 21 heavy (non-hydrogen) atoms. The van der Waals surface area contributed by atoms with Crippen LogP contribution in [0.4, 0.5) is 5.69 Å². The molecular formula is C17H15ClN2O. The number of aromatic nitrogens is 1. The van der Waals surface area contributed by atoms with Gasteiger partial charge in [0.1, 0.15) is 5.15 Å². The molecule has 0 radical (unpaired) electrons. The van der Waals surface area contributed by atoms with Crippen molar-refractivity contribution in [3.8, 4) is 0 Å². The van der Waals surface area contributed by atoms with Crippen molar-refractivity contribution in [2.75, 3.05) is 5.32 Å². The number of hydrogen-bond acceptors (Lipinski definition) is 3. The van der Waals surface area contributed by atoms with E-state index in [1.165, 1.54) is 0 Å². The molecule has 4 heteroatoms. The zero-order valence-corrected chi connectivity index (χ0v) is 12.1. The second kappa shape index (κ2) is 6.12. The van der Waals surface area contributed by atoms with Crippen LogP contribution in [0.1, 0.15) is 11.1 Å². The van der Waals surface area contributed by atoms with Gasteiger partial charge in [0, 0.05) is 28.7 Å². The average molecular weight is 299 g/mol. The molecule has 0 unspecified atom stereocenters. The molecule has 0 bridgehead atoms. The highest BCUT2D eigenvalue weighted by Gasteiger charge is 2.06. The molecule has 0 aliphatic rings. The van der Waals surface area contributed by atoms with Crippen LogP contribution < -0.4 is 5.32 Å². The topological polar surface area (TPSA) is 45.1 Å². The van der Waals surface area contributed by atoms with Crippen LogP contribution in [0.2, 0.25) is 5.15 Å². The van der Waals surface area contributed by atoms with Crippen LogP contribution in [0.15, 0.2) is 54.6 Å². The van der Waals surface area contributed by atoms with E-state index in [0.717, 1.165) is 27.7 Å². The first-order valence-electron chi connectivity index (χ1n) is 6.75. The fourth-order valence-electron chi connectivity index (χ4n) is 2.28. The monoisotopic (exact) mass is 298 g/mol. The van der Waals surface area contributed by atoms with Gasteiger partial charge in [0.15, 0.2) is 0 Å². The first kappa shape index (κ1) is 13.9. The van der Waals surface area contributed by atoms with Gasteiger partial charge in [-0.15, -0.1) is 0 Å². The van der Waals surface area contributed by atoms with E-state index in [9.17, 15) is 5.11 Å². The largest absolute Gasteiger partial charge is 0.392 e. The first-order valence-corrected chi connectivity index (χ1v) is 7.12. The second-order valence-electron chi connectivity index (χ2n) is 4.80. The van der Waals surface area contributed by atoms with Crippen LogP contribution in [0, 0.1) is 0 Å². The van der Waals surface area contributed by atoms with Crippen LogP contribution in [-0.2, 0) is 13.2 Å². The van der Waals surface area contributed by atoms with E-state index < -0.39 is 0 Å². The van der Waals surface area contributed by atoms with Crippen molar-refractivity contribution < 1.29 is 5.11 Å². The fraction of sp³-hybridized carbons (Fsp3) is 0.118. The second-order valence-corrected chi connectivity index (χ2v) is 5.16. The molecule has 0 spiro atoms. The number of anilines is 1. The molecule has 1 aromatic heterocycles. The number of halogens is 1. The van der Waals surface area contributed by atoms with Crippen molar-refractivity contribution in [2.24, 2.45) is 0 Å². The van der Waals surface area contributed by atoms with Gasteiger partial charge in [-0.2, -0.15) is 0 Å². The summed E-state index contributed by atoms with van der Waals surface area (Å²) < 4.78 is 0. The Morgan fingerprint density at radius 2 is 1.76 bits per heavy atom. The van der Waals surface area contributed by atoms with E-state index in [2.05, 4.69) is 10.3 Å². The Labute approximate surface area is 128 Å². The number of nitrogens with one attached hydrogen (secondary N) is 1. The van der Waals surface area contributed by atoms with Crippen LogP contribution in [-0.4, -0.2) is 10.1 Å². The summed E-state index contributed by atoms with van der Waals surface area (Å²) in [5.41, 5.74) is 3.59. The van der Waals surface area contributed by atoms with Crippen LogP contribution in [0.5, 0.6) is 0 Å². The maximum atomic E-state index is 9.33. The molecule has 2 N–H and O–H groups in total. The quantitative estimate of drug-likeness (QED) is 0.716. The SMILES string of the molecule is OCc1ccccc1NCc1cc2ccccc2nc1Cl. The first-order chi connectivity index (χ1) is 10.3. The van der Waals surface area contributed by atoms with Crippen molar-refractivity contribution in [3.63, 3.8) is 0 Å². The smallest absolute Gasteiger partial charge is 0.134 e. The van der Waals surface area contributed by atoms with Gasteiger partial charge < -0.3 is 10.4 Å². The molecule has 0 atom stereocenters. The highest BCUT2D eigenvalue weighted by Crippen LogP contribution is 2.22. The van der Waals surface area contributed by atoms with E-state index in [1.54, 1.807) is 0 Å². The van der Waals surface area contributed by atoms with E-state index in [4.69, 9.17) is 11.6 Å². The molecule has 1 heterocycles. The van der Waals surface area contributed by atoms with Crippen molar-refractivity contribution in [1.29, 1.82) is 0 Å². The summed E-state index contributed by atoms with van der Waals surface area (Å²) in [6.07, 6.45) is 0. The van der Waals surface area contributed by atoms with Crippen LogP contribution in [0.25, 0.3) is 10.9 Å². The van der Waals surface area contributed by atoms with E-state index >= 15 is 0 Å². The molecule has 0 amide bonds. The molecule has 0 saturated carbocycles. The van der Waals surface area contributed by atoms with Gasteiger partial charge in [-0.1, -0.05) is 48.0 Å². The van der Waals surface area contributed by atoms with Crippen LogP contribution in [0.3, 0.4) is 0 Å². The normalized spacial score (nSPS) is 10.8. The standard InChI is InChI=1S/C17H15ClN2O/c18-17-14(9-12-5-1-4-8-16(12)20-17)10-19-15-7-3-2-6-13(15)11-21/h1-9,19,21H,10-11H2. The Bertz CT molecular complexity index is 774. The van der Waals surface area contributed by atoms with Gasteiger partial charge in [-0.3, -0.25) is 0 Å². The molecule has 0 saturated heterocycles. The maximum Gasteiger partial charge on any atom is 0.134 e. The lowest BCUT2D eigenvalue weighted by atomic mass is 10.1. The van der Waals surface area contributed by atoms with E-state index in [1.807, 2.05) is 54.6 Å². The molecule has 3 aromatic rings. The Morgan fingerprint density at radius 3 is 2.62 bits per heavy atom. The molecule has 3 rings (SSSR count). The van der Waals surface area contributed by atoms with Gasteiger partial charge in [0.2, 0.25) is 0 Å². The number of benzene rings is 2. The summed E-state index contributed by atoms with van der Waals surface area (Å²) in [7, 11) is 0.